The first kappa shape index (κ1) is 19.8. The summed E-state index contributed by atoms with van der Waals surface area (Å²) in [6.45, 7) is 7.10. The van der Waals surface area contributed by atoms with E-state index in [0.29, 0.717) is 12.8 Å². The van der Waals surface area contributed by atoms with E-state index in [2.05, 4.69) is 6.92 Å². The van der Waals surface area contributed by atoms with Gasteiger partial charge in [-0.25, -0.2) is 0 Å². The Labute approximate surface area is 122 Å². The molecule has 0 aliphatic carbocycles. The average molecular weight is 296 g/mol. The summed E-state index contributed by atoms with van der Waals surface area (Å²) in [7, 11) is 0. The lowest BCUT2D eigenvalue weighted by atomic mass is 9.65. The highest BCUT2D eigenvalue weighted by Gasteiger charge is 2.61. The van der Waals surface area contributed by atoms with E-state index in [0.717, 1.165) is 38.5 Å². The summed E-state index contributed by atoms with van der Waals surface area (Å²) >= 11 is 0. The zero-order valence-electron chi connectivity index (χ0n) is 13.4. The van der Waals surface area contributed by atoms with Crippen LogP contribution in [-0.2, 0) is 0 Å². The van der Waals surface area contributed by atoms with E-state index in [9.17, 15) is 18.3 Å². The molecule has 0 fully saturated rings. The van der Waals surface area contributed by atoms with Crippen molar-refractivity contribution >= 4 is 0 Å². The maximum atomic E-state index is 13.4. The molecule has 2 atom stereocenters. The first-order chi connectivity index (χ1) is 9.18. The fraction of sp³-hybridized carbons (Fsp3) is 1.00. The van der Waals surface area contributed by atoms with Gasteiger partial charge in [-0.1, -0.05) is 66.2 Å². The van der Waals surface area contributed by atoms with Crippen molar-refractivity contribution in [3.8, 4) is 0 Å². The highest BCUT2D eigenvalue weighted by Crippen LogP contribution is 2.51. The fourth-order valence-electron chi connectivity index (χ4n) is 3.02. The van der Waals surface area contributed by atoms with Gasteiger partial charge >= 0.3 is 6.18 Å². The number of halogens is 3. The van der Waals surface area contributed by atoms with Crippen LogP contribution in [-0.4, -0.2) is 16.9 Å². The molecule has 1 N–H and O–H groups in total. The van der Waals surface area contributed by atoms with E-state index in [1.54, 1.807) is 6.92 Å². The third kappa shape index (κ3) is 4.64. The summed E-state index contributed by atoms with van der Waals surface area (Å²) in [6.07, 6.45) is 1.41. The molecule has 0 spiro atoms. The van der Waals surface area contributed by atoms with Crippen LogP contribution < -0.4 is 0 Å². The van der Waals surface area contributed by atoms with Gasteiger partial charge in [-0.05, 0) is 19.3 Å². The molecule has 0 saturated heterocycles. The molecule has 0 aliphatic rings. The summed E-state index contributed by atoms with van der Waals surface area (Å²) in [5.74, 6) is 0. The highest BCUT2D eigenvalue weighted by atomic mass is 19.4. The van der Waals surface area contributed by atoms with Gasteiger partial charge in [-0.15, -0.1) is 0 Å². The van der Waals surface area contributed by atoms with Crippen LogP contribution in [0, 0.1) is 5.41 Å². The van der Waals surface area contributed by atoms with Crippen molar-refractivity contribution in [1.29, 1.82) is 0 Å². The van der Waals surface area contributed by atoms with Gasteiger partial charge in [0.15, 0.2) is 5.60 Å². The third-order valence-corrected chi connectivity index (χ3v) is 4.64. The normalized spacial score (nSPS) is 18.6. The SMILES string of the molecule is CCCCCCC(C)(CCCC)C(O)(CC)C(F)(F)F. The van der Waals surface area contributed by atoms with Crippen molar-refractivity contribution in [2.45, 2.75) is 97.3 Å². The summed E-state index contributed by atoms with van der Waals surface area (Å²) in [5, 5.41) is 10.3. The molecule has 0 aliphatic heterocycles. The number of hydrogen-bond donors (Lipinski definition) is 1. The van der Waals surface area contributed by atoms with Gasteiger partial charge in [-0.3, -0.25) is 0 Å². The lowest BCUT2D eigenvalue weighted by molar-refractivity contribution is -0.304. The molecule has 0 amide bonds. The van der Waals surface area contributed by atoms with E-state index in [1.165, 1.54) is 6.92 Å². The standard InChI is InChI=1S/C16H31F3O/c1-5-8-10-11-13-14(4,12-9-6-2)15(20,7-3)16(17,18)19/h20H,5-13H2,1-4H3. The smallest absolute Gasteiger partial charge is 0.380 e. The Hall–Kier alpha value is -0.250. The number of rotatable bonds is 10. The Kier molecular flexibility index (Phi) is 8.15. The summed E-state index contributed by atoms with van der Waals surface area (Å²) < 4.78 is 40.1. The first-order valence-electron chi connectivity index (χ1n) is 7.97. The molecular weight excluding hydrogens is 265 g/mol. The third-order valence-electron chi connectivity index (χ3n) is 4.64. The lowest BCUT2D eigenvalue weighted by Gasteiger charge is -2.46. The van der Waals surface area contributed by atoms with E-state index < -0.39 is 17.2 Å². The summed E-state index contributed by atoms with van der Waals surface area (Å²) in [5.41, 5.74) is -3.65. The van der Waals surface area contributed by atoms with E-state index in [1.807, 2.05) is 6.92 Å². The molecule has 0 radical (unpaired) electrons. The maximum absolute atomic E-state index is 13.4. The monoisotopic (exact) mass is 296 g/mol. The second-order valence-corrected chi connectivity index (χ2v) is 6.19. The highest BCUT2D eigenvalue weighted by molar-refractivity contribution is 5.00. The minimum Gasteiger partial charge on any atom is -0.380 e. The maximum Gasteiger partial charge on any atom is 0.417 e. The second-order valence-electron chi connectivity index (χ2n) is 6.19. The van der Waals surface area contributed by atoms with Gasteiger partial charge < -0.3 is 5.11 Å². The van der Waals surface area contributed by atoms with Crippen LogP contribution in [0.2, 0.25) is 0 Å². The molecule has 0 aromatic rings. The summed E-state index contributed by atoms with van der Waals surface area (Å²) in [4.78, 5) is 0. The summed E-state index contributed by atoms with van der Waals surface area (Å²) in [6, 6.07) is 0. The minimum atomic E-state index is -4.56. The molecule has 0 aromatic carbocycles. The molecule has 4 heteroatoms. The van der Waals surface area contributed by atoms with Gasteiger partial charge in [-0.2, -0.15) is 13.2 Å². The number of aliphatic hydroxyl groups is 1. The van der Waals surface area contributed by atoms with Crippen molar-refractivity contribution in [3.63, 3.8) is 0 Å². The lowest BCUT2D eigenvalue weighted by Crippen LogP contribution is -2.57. The molecule has 1 nitrogen and oxygen atoms in total. The zero-order valence-corrected chi connectivity index (χ0v) is 13.4. The van der Waals surface area contributed by atoms with E-state index >= 15 is 0 Å². The molecule has 0 aromatic heterocycles. The van der Waals surface area contributed by atoms with Crippen LogP contribution in [0.25, 0.3) is 0 Å². The molecular formula is C16H31F3O. The molecule has 0 heterocycles. The second kappa shape index (κ2) is 8.26. The van der Waals surface area contributed by atoms with Crippen molar-refractivity contribution in [2.24, 2.45) is 5.41 Å². The topological polar surface area (TPSA) is 20.2 Å². The fourth-order valence-corrected chi connectivity index (χ4v) is 3.02. The molecule has 122 valence electrons. The van der Waals surface area contributed by atoms with E-state index in [-0.39, 0.29) is 6.42 Å². The van der Waals surface area contributed by atoms with Gasteiger partial charge in [0.1, 0.15) is 0 Å². The van der Waals surface area contributed by atoms with Crippen molar-refractivity contribution in [3.05, 3.63) is 0 Å². The Morgan fingerprint density at radius 1 is 0.800 bits per heavy atom. The van der Waals surface area contributed by atoms with Crippen LogP contribution in [0.1, 0.15) is 85.5 Å². The molecule has 0 bridgehead atoms. The van der Waals surface area contributed by atoms with Gasteiger partial charge in [0, 0.05) is 5.41 Å². The minimum absolute atomic E-state index is 0.273. The average Bonchev–Trinajstić information content (AvgIpc) is 2.39. The van der Waals surface area contributed by atoms with Crippen molar-refractivity contribution in [1.82, 2.24) is 0 Å². The quantitative estimate of drug-likeness (QED) is 0.501. The van der Waals surface area contributed by atoms with Crippen LogP contribution in [0.4, 0.5) is 13.2 Å². The number of hydrogen-bond acceptors (Lipinski definition) is 1. The van der Waals surface area contributed by atoms with Gasteiger partial charge in [0.25, 0.3) is 0 Å². The largest absolute Gasteiger partial charge is 0.417 e. The Bertz CT molecular complexity index is 265. The van der Waals surface area contributed by atoms with Gasteiger partial charge in [0.05, 0.1) is 0 Å². The van der Waals surface area contributed by atoms with Crippen LogP contribution in [0.3, 0.4) is 0 Å². The Balaban J connectivity index is 5.07. The number of unbranched alkanes of at least 4 members (excludes halogenated alkanes) is 4. The zero-order chi connectivity index (χ0) is 15.9. The Morgan fingerprint density at radius 3 is 1.70 bits per heavy atom. The van der Waals surface area contributed by atoms with Crippen LogP contribution in [0.15, 0.2) is 0 Å². The molecule has 0 rings (SSSR count). The first-order valence-corrected chi connectivity index (χ1v) is 7.97. The Morgan fingerprint density at radius 2 is 1.30 bits per heavy atom. The van der Waals surface area contributed by atoms with Crippen molar-refractivity contribution < 1.29 is 18.3 Å². The van der Waals surface area contributed by atoms with Crippen LogP contribution >= 0.6 is 0 Å². The number of alkyl halides is 3. The molecule has 2 unspecified atom stereocenters. The predicted octanol–water partition coefficient (Wildman–Crippen LogP) is 5.86. The van der Waals surface area contributed by atoms with Gasteiger partial charge in [0.2, 0.25) is 0 Å². The predicted molar refractivity (Wildman–Crippen MR) is 77.7 cm³/mol. The van der Waals surface area contributed by atoms with Crippen molar-refractivity contribution in [2.75, 3.05) is 0 Å². The molecule has 20 heavy (non-hydrogen) atoms. The van der Waals surface area contributed by atoms with E-state index in [4.69, 9.17) is 0 Å². The molecule has 0 saturated carbocycles. The van der Waals surface area contributed by atoms with Crippen LogP contribution in [0.5, 0.6) is 0 Å².